The summed E-state index contributed by atoms with van der Waals surface area (Å²) in [5.74, 6) is -5.25. The molecule has 0 heterocycles. The molecule has 0 aliphatic carbocycles. The van der Waals surface area contributed by atoms with Gasteiger partial charge in [-0.05, 0) is 30.7 Å². The summed E-state index contributed by atoms with van der Waals surface area (Å²) >= 11 is 0. The smallest absolute Gasteiger partial charge is 0.335 e. The van der Waals surface area contributed by atoms with E-state index in [1.165, 1.54) is 12.1 Å². The standard InChI is InChI=1S/C14H9F3O3/c1-7-2-3-9(15)6-12(7)20-13-10(16)4-8(14(18)19)5-11(13)17/h2-6H,1H3,(H,18,19). The maximum absolute atomic E-state index is 13.7. The second kappa shape index (κ2) is 5.24. The fourth-order valence-electron chi connectivity index (χ4n) is 1.57. The minimum atomic E-state index is -1.46. The Morgan fingerprint density at radius 1 is 1.10 bits per heavy atom. The fraction of sp³-hybridized carbons (Fsp3) is 0.0714. The monoisotopic (exact) mass is 282 g/mol. The molecular weight excluding hydrogens is 273 g/mol. The van der Waals surface area contributed by atoms with Gasteiger partial charge >= 0.3 is 5.97 Å². The number of carbonyl (C=O) groups is 1. The van der Waals surface area contributed by atoms with Crippen molar-refractivity contribution in [1.82, 2.24) is 0 Å². The molecule has 2 aromatic rings. The van der Waals surface area contributed by atoms with Gasteiger partial charge in [0, 0.05) is 6.07 Å². The Hall–Kier alpha value is -2.50. The van der Waals surface area contributed by atoms with E-state index >= 15 is 0 Å². The van der Waals surface area contributed by atoms with Crippen molar-refractivity contribution in [3.8, 4) is 11.5 Å². The highest BCUT2D eigenvalue weighted by Gasteiger charge is 2.17. The molecule has 0 aliphatic rings. The summed E-state index contributed by atoms with van der Waals surface area (Å²) in [7, 11) is 0. The van der Waals surface area contributed by atoms with Crippen LogP contribution in [-0.2, 0) is 0 Å². The molecule has 20 heavy (non-hydrogen) atoms. The maximum Gasteiger partial charge on any atom is 0.335 e. The molecule has 0 aliphatic heterocycles. The van der Waals surface area contributed by atoms with Crippen LogP contribution in [0, 0.1) is 24.4 Å². The summed E-state index contributed by atoms with van der Waals surface area (Å²) in [4.78, 5) is 10.7. The molecule has 0 saturated carbocycles. The number of aryl methyl sites for hydroxylation is 1. The van der Waals surface area contributed by atoms with E-state index in [9.17, 15) is 18.0 Å². The molecule has 0 saturated heterocycles. The molecule has 0 unspecified atom stereocenters. The predicted molar refractivity (Wildman–Crippen MR) is 64.5 cm³/mol. The van der Waals surface area contributed by atoms with Crippen LogP contribution >= 0.6 is 0 Å². The number of halogens is 3. The van der Waals surface area contributed by atoms with E-state index in [4.69, 9.17) is 9.84 Å². The summed E-state index contributed by atoms with van der Waals surface area (Å²) in [6, 6.07) is 4.83. The van der Waals surface area contributed by atoms with Gasteiger partial charge in [0.15, 0.2) is 17.4 Å². The third kappa shape index (κ3) is 2.74. The van der Waals surface area contributed by atoms with Gasteiger partial charge < -0.3 is 9.84 Å². The van der Waals surface area contributed by atoms with E-state index in [1.807, 2.05) is 0 Å². The predicted octanol–water partition coefficient (Wildman–Crippen LogP) is 3.90. The van der Waals surface area contributed by atoms with Crippen LogP contribution in [0.3, 0.4) is 0 Å². The minimum Gasteiger partial charge on any atom is -0.478 e. The molecule has 2 aromatic carbocycles. The summed E-state index contributed by atoms with van der Waals surface area (Å²) in [5, 5.41) is 8.67. The van der Waals surface area contributed by atoms with Crippen molar-refractivity contribution in [2.75, 3.05) is 0 Å². The van der Waals surface area contributed by atoms with Gasteiger partial charge in [0.1, 0.15) is 11.6 Å². The van der Waals surface area contributed by atoms with Crippen molar-refractivity contribution in [3.63, 3.8) is 0 Å². The van der Waals surface area contributed by atoms with E-state index in [0.29, 0.717) is 17.7 Å². The highest BCUT2D eigenvalue weighted by Crippen LogP contribution is 2.31. The van der Waals surface area contributed by atoms with Crippen LogP contribution < -0.4 is 4.74 Å². The van der Waals surface area contributed by atoms with Crippen molar-refractivity contribution in [2.45, 2.75) is 6.92 Å². The largest absolute Gasteiger partial charge is 0.478 e. The Bertz CT molecular complexity index is 660. The zero-order valence-corrected chi connectivity index (χ0v) is 10.3. The van der Waals surface area contributed by atoms with Gasteiger partial charge in [0.2, 0.25) is 0 Å². The molecule has 0 radical (unpaired) electrons. The van der Waals surface area contributed by atoms with E-state index in [-0.39, 0.29) is 5.75 Å². The molecule has 0 fully saturated rings. The van der Waals surface area contributed by atoms with E-state index in [2.05, 4.69) is 0 Å². The van der Waals surface area contributed by atoms with Gasteiger partial charge in [-0.15, -0.1) is 0 Å². The van der Waals surface area contributed by atoms with Crippen molar-refractivity contribution >= 4 is 5.97 Å². The zero-order valence-electron chi connectivity index (χ0n) is 10.3. The number of hydrogen-bond donors (Lipinski definition) is 1. The van der Waals surface area contributed by atoms with Crippen LogP contribution in [0.25, 0.3) is 0 Å². The summed E-state index contributed by atoms with van der Waals surface area (Å²) < 4.78 is 45.4. The molecule has 0 bridgehead atoms. The molecule has 6 heteroatoms. The highest BCUT2D eigenvalue weighted by molar-refractivity contribution is 5.87. The Labute approximate surface area is 112 Å². The van der Waals surface area contributed by atoms with Crippen LogP contribution in [0.2, 0.25) is 0 Å². The van der Waals surface area contributed by atoms with E-state index in [0.717, 1.165) is 6.07 Å². The second-order valence-electron chi connectivity index (χ2n) is 4.09. The van der Waals surface area contributed by atoms with Crippen LogP contribution in [0.5, 0.6) is 11.5 Å². The van der Waals surface area contributed by atoms with Gasteiger partial charge in [-0.1, -0.05) is 6.07 Å². The number of carboxylic acids is 1. The van der Waals surface area contributed by atoms with E-state index < -0.39 is 34.7 Å². The van der Waals surface area contributed by atoms with Gasteiger partial charge in [0.25, 0.3) is 0 Å². The molecule has 0 atom stereocenters. The molecule has 0 aromatic heterocycles. The SMILES string of the molecule is Cc1ccc(F)cc1Oc1c(F)cc(C(=O)O)cc1F. The Kier molecular flexibility index (Phi) is 3.65. The number of hydrogen-bond acceptors (Lipinski definition) is 2. The van der Waals surface area contributed by atoms with Crippen molar-refractivity contribution in [2.24, 2.45) is 0 Å². The van der Waals surface area contributed by atoms with Crippen LogP contribution in [0.4, 0.5) is 13.2 Å². The minimum absolute atomic E-state index is 0.0501. The summed E-state index contributed by atoms with van der Waals surface area (Å²) in [5.41, 5.74) is -0.0594. The Balaban J connectivity index is 2.44. The third-order valence-corrected chi connectivity index (χ3v) is 2.61. The lowest BCUT2D eigenvalue weighted by molar-refractivity contribution is 0.0695. The number of aromatic carboxylic acids is 1. The average molecular weight is 282 g/mol. The van der Waals surface area contributed by atoms with Crippen molar-refractivity contribution < 1.29 is 27.8 Å². The topological polar surface area (TPSA) is 46.5 Å². The van der Waals surface area contributed by atoms with Crippen molar-refractivity contribution in [1.29, 1.82) is 0 Å². The molecule has 104 valence electrons. The summed E-state index contributed by atoms with van der Waals surface area (Å²) in [6.07, 6.45) is 0. The molecule has 2 rings (SSSR count). The lowest BCUT2D eigenvalue weighted by Gasteiger charge is -2.11. The Morgan fingerprint density at radius 3 is 2.25 bits per heavy atom. The quantitative estimate of drug-likeness (QED) is 0.928. The molecular formula is C14H9F3O3. The van der Waals surface area contributed by atoms with Crippen LogP contribution in [0.15, 0.2) is 30.3 Å². The van der Waals surface area contributed by atoms with Crippen molar-refractivity contribution in [3.05, 3.63) is 58.9 Å². The van der Waals surface area contributed by atoms with Gasteiger partial charge in [0.05, 0.1) is 5.56 Å². The Morgan fingerprint density at radius 2 is 1.70 bits per heavy atom. The molecule has 3 nitrogen and oxygen atoms in total. The van der Waals surface area contributed by atoms with Crippen LogP contribution in [0.1, 0.15) is 15.9 Å². The lowest BCUT2D eigenvalue weighted by Crippen LogP contribution is -2.01. The average Bonchev–Trinajstić information content (AvgIpc) is 2.37. The normalized spacial score (nSPS) is 10.4. The van der Waals surface area contributed by atoms with Gasteiger partial charge in [-0.25, -0.2) is 18.0 Å². The van der Waals surface area contributed by atoms with Gasteiger partial charge in [-0.3, -0.25) is 0 Å². The first-order valence-electron chi connectivity index (χ1n) is 5.55. The zero-order chi connectivity index (χ0) is 14.9. The fourth-order valence-corrected chi connectivity index (χ4v) is 1.57. The molecule has 0 amide bonds. The number of benzene rings is 2. The second-order valence-corrected chi connectivity index (χ2v) is 4.09. The molecule has 1 N–H and O–H groups in total. The van der Waals surface area contributed by atoms with Crippen LogP contribution in [-0.4, -0.2) is 11.1 Å². The number of ether oxygens (including phenoxy) is 1. The number of rotatable bonds is 3. The number of carboxylic acid groups (broad SMARTS) is 1. The molecule has 0 spiro atoms. The lowest BCUT2D eigenvalue weighted by atomic mass is 10.2. The summed E-state index contributed by atoms with van der Waals surface area (Å²) in [6.45, 7) is 1.58. The first-order chi connectivity index (χ1) is 9.38. The third-order valence-electron chi connectivity index (χ3n) is 2.61. The first kappa shape index (κ1) is 13.9. The van der Waals surface area contributed by atoms with E-state index in [1.54, 1.807) is 6.92 Å². The maximum atomic E-state index is 13.7. The van der Waals surface area contributed by atoms with Gasteiger partial charge in [-0.2, -0.15) is 0 Å². The highest BCUT2D eigenvalue weighted by atomic mass is 19.1. The first-order valence-corrected chi connectivity index (χ1v) is 5.55.